The van der Waals surface area contributed by atoms with Gasteiger partial charge in [0.25, 0.3) is 0 Å². The van der Waals surface area contributed by atoms with E-state index >= 15 is 0 Å². The van der Waals surface area contributed by atoms with Gasteiger partial charge in [-0.2, -0.15) is 0 Å². The van der Waals surface area contributed by atoms with Crippen molar-refractivity contribution in [3.05, 3.63) is 23.3 Å². The molecule has 0 unspecified atom stereocenters. The number of fused-ring (bicyclic) bond motifs is 1. The summed E-state index contributed by atoms with van der Waals surface area (Å²) < 4.78 is 5.01. The molecule has 0 spiro atoms. The first-order chi connectivity index (χ1) is 8.93. The largest absolute Gasteiger partial charge is 0.507 e. The highest BCUT2D eigenvalue weighted by molar-refractivity contribution is 6.02. The molecule has 1 aromatic rings. The minimum atomic E-state index is -0.947. The van der Waals surface area contributed by atoms with Gasteiger partial charge in [0.05, 0.1) is 18.8 Å². The van der Waals surface area contributed by atoms with Crippen molar-refractivity contribution in [1.82, 2.24) is 0 Å². The summed E-state index contributed by atoms with van der Waals surface area (Å²) >= 11 is 0. The molecular weight excluding hydrogens is 248 g/mol. The second-order valence-electron chi connectivity index (χ2n) is 4.85. The molecule has 0 aromatic heterocycles. The van der Waals surface area contributed by atoms with Crippen LogP contribution in [-0.2, 0) is 4.79 Å². The van der Waals surface area contributed by atoms with Gasteiger partial charge >= 0.3 is 0 Å². The number of hydrogen-bond donors (Lipinski definition) is 2. The van der Waals surface area contributed by atoms with Gasteiger partial charge in [-0.3, -0.25) is 4.79 Å². The van der Waals surface area contributed by atoms with Crippen LogP contribution in [0.25, 0.3) is 0 Å². The summed E-state index contributed by atoms with van der Waals surface area (Å²) in [5.41, 5.74) is 0.465. The molecule has 0 radical (unpaired) electrons. The van der Waals surface area contributed by atoms with Gasteiger partial charge in [-0.1, -0.05) is 0 Å². The molecule has 0 amide bonds. The van der Waals surface area contributed by atoms with Gasteiger partial charge in [0.15, 0.2) is 5.78 Å². The number of phenols is 1. The van der Waals surface area contributed by atoms with Gasteiger partial charge in [0.2, 0.25) is 0 Å². The van der Waals surface area contributed by atoms with Gasteiger partial charge < -0.3 is 19.7 Å². The summed E-state index contributed by atoms with van der Waals surface area (Å²) in [6.07, 6.45) is -0.740. The molecule has 19 heavy (non-hydrogen) atoms. The molecule has 1 aliphatic carbocycles. The summed E-state index contributed by atoms with van der Waals surface area (Å²) in [4.78, 5) is 23.2. The zero-order valence-electron chi connectivity index (χ0n) is 10.8. The van der Waals surface area contributed by atoms with Crippen LogP contribution in [0.2, 0.25) is 0 Å². The van der Waals surface area contributed by atoms with Crippen molar-refractivity contribution in [1.29, 1.82) is 0 Å². The number of aliphatic hydroxyl groups is 1. The van der Waals surface area contributed by atoms with Crippen molar-refractivity contribution in [3.8, 4) is 11.5 Å². The molecule has 102 valence electrons. The number of ether oxygens (including phenoxy) is 1. The highest BCUT2D eigenvalue weighted by Gasteiger charge is 2.35. The summed E-state index contributed by atoms with van der Waals surface area (Å²) in [5.74, 6) is -0.602. The van der Waals surface area contributed by atoms with Crippen LogP contribution in [0.4, 0.5) is 0 Å². The monoisotopic (exact) mass is 264 g/mol. The number of phenolic OH excluding ortho intramolecular Hbond substituents is 1. The molecule has 0 heterocycles. The Morgan fingerprint density at radius 3 is 2.74 bits per heavy atom. The van der Waals surface area contributed by atoms with E-state index in [1.165, 1.54) is 26.2 Å². The fraction of sp³-hybridized carbons (Fsp3) is 0.429. The molecule has 5 heteroatoms. The van der Waals surface area contributed by atoms with Crippen LogP contribution >= 0.6 is 0 Å². The third kappa shape index (κ3) is 2.46. The van der Waals surface area contributed by atoms with Crippen LogP contribution in [0.15, 0.2) is 12.1 Å². The summed E-state index contributed by atoms with van der Waals surface area (Å²) in [6.45, 7) is 1.43. The van der Waals surface area contributed by atoms with Gasteiger partial charge in [-0.15, -0.1) is 0 Å². The Balaban J connectivity index is 2.47. The number of carbonyl (C=O) groups is 2. The highest BCUT2D eigenvalue weighted by Crippen LogP contribution is 2.41. The number of benzene rings is 1. The molecule has 0 aliphatic heterocycles. The predicted octanol–water partition coefficient (Wildman–Crippen LogP) is 1.62. The maximum Gasteiger partial charge on any atom is 0.167 e. The first-order valence-corrected chi connectivity index (χ1v) is 6.05. The zero-order valence-corrected chi connectivity index (χ0v) is 10.8. The average molecular weight is 264 g/mol. The van der Waals surface area contributed by atoms with E-state index in [-0.39, 0.29) is 35.7 Å². The Morgan fingerprint density at radius 1 is 1.47 bits per heavy atom. The van der Waals surface area contributed by atoms with Gasteiger partial charge in [-0.05, 0) is 18.6 Å². The van der Waals surface area contributed by atoms with Crippen LogP contribution < -0.4 is 4.74 Å². The number of aliphatic hydroxyl groups excluding tert-OH is 1. The van der Waals surface area contributed by atoms with E-state index in [1.807, 2.05) is 0 Å². The molecule has 1 aromatic carbocycles. The number of carbonyl (C=O) groups excluding carboxylic acids is 2. The number of hydrogen-bond acceptors (Lipinski definition) is 5. The molecule has 2 atom stereocenters. The van der Waals surface area contributed by atoms with E-state index in [9.17, 15) is 19.8 Å². The number of rotatable bonds is 3. The average Bonchev–Trinajstić information content (AvgIpc) is 2.33. The lowest BCUT2D eigenvalue weighted by atomic mass is 9.78. The molecule has 0 fully saturated rings. The maximum atomic E-state index is 12.0. The number of ketones is 2. The van der Waals surface area contributed by atoms with E-state index in [4.69, 9.17) is 4.74 Å². The lowest BCUT2D eigenvalue weighted by Crippen LogP contribution is -2.26. The lowest BCUT2D eigenvalue weighted by Gasteiger charge is -2.29. The van der Waals surface area contributed by atoms with Crippen molar-refractivity contribution < 1.29 is 24.5 Å². The SMILES string of the molecule is COc1cc(O)c2c(c1)[C@H](O)[C@H](CC(C)=O)CC2=O. The Morgan fingerprint density at radius 2 is 2.16 bits per heavy atom. The first kappa shape index (κ1) is 13.5. The van der Waals surface area contributed by atoms with E-state index in [0.29, 0.717) is 11.3 Å². The summed E-state index contributed by atoms with van der Waals surface area (Å²) in [5, 5.41) is 20.1. The van der Waals surface area contributed by atoms with Gasteiger partial charge in [-0.25, -0.2) is 0 Å². The fourth-order valence-corrected chi connectivity index (χ4v) is 2.54. The van der Waals surface area contributed by atoms with Crippen LogP contribution in [0.1, 0.15) is 41.8 Å². The van der Waals surface area contributed by atoms with Crippen molar-refractivity contribution in [2.75, 3.05) is 7.11 Å². The molecular formula is C14H16O5. The topological polar surface area (TPSA) is 83.8 Å². The lowest BCUT2D eigenvalue weighted by molar-refractivity contribution is -0.118. The second kappa shape index (κ2) is 5.01. The normalized spacial score (nSPS) is 21.9. The molecule has 5 nitrogen and oxygen atoms in total. The fourth-order valence-electron chi connectivity index (χ4n) is 2.54. The van der Waals surface area contributed by atoms with E-state index < -0.39 is 12.0 Å². The van der Waals surface area contributed by atoms with Crippen LogP contribution in [0.5, 0.6) is 11.5 Å². The van der Waals surface area contributed by atoms with Crippen molar-refractivity contribution in [3.63, 3.8) is 0 Å². The summed E-state index contributed by atoms with van der Waals surface area (Å²) in [7, 11) is 1.44. The van der Waals surface area contributed by atoms with E-state index in [1.54, 1.807) is 0 Å². The Bertz CT molecular complexity index is 535. The van der Waals surface area contributed by atoms with Crippen LogP contribution in [0.3, 0.4) is 0 Å². The van der Waals surface area contributed by atoms with E-state index in [2.05, 4.69) is 0 Å². The van der Waals surface area contributed by atoms with E-state index in [0.717, 1.165) is 0 Å². The van der Waals surface area contributed by atoms with Gasteiger partial charge in [0, 0.05) is 24.8 Å². The molecule has 1 aliphatic rings. The molecule has 0 saturated heterocycles. The smallest absolute Gasteiger partial charge is 0.167 e. The zero-order chi connectivity index (χ0) is 14.2. The third-order valence-corrected chi connectivity index (χ3v) is 3.40. The quantitative estimate of drug-likeness (QED) is 0.866. The third-order valence-electron chi connectivity index (χ3n) is 3.40. The second-order valence-corrected chi connectivity index (χ2v) is 4.85. The van der Waals surface area contributed by atoms with Gasteiger partial charge in [0.1, 0.15) is 17.3 Å². The van der Waals surface area contributed by atoms with Crippen molar-refractivity contribution in [2.24, 2.45) is 5.92 Å². The molecule has 2 N–H and O–H groups in total. The van der Waals surface area contributed by atoms with Crippen LogP contribution in [-0.4, -0.2) is 28.9 Å². The minimum absolute atomic E-state index is 0.0631. The Labute approximate surface area is 110 Å². The number of methoxy groups -OCH3 is 1. The standard InChI is InChI=1S/C14H16O5/c1-7(15)3-8-4-11(16)13-10(14(8)18)5-9(19-2)6-12(13)17/h5-6,8,14,17-18H,3-4H2,1-2H3/t8-,14-/m1/s1. The number of aromatic hydroxyl groups is 1. The molecule has 2 rings (SSSR count). The Kier molecular flexibility index (Phi) is 3.57. The van der Waals surface area contributed by atoms with Crippen LogP contribution in [0, 0.1) is 5.92 Å². The summed E-state index contributed by atoms with van der Waals surface area (Å²) in [6, 6.07) is 2.87. The molecule has 0 saturated carbocycles. The first-order valence-electron chi connectivity index (χ1n) is 6.05. The highest BCUT2D eigenvalue weighted by atomic mass is 16.5. The maximum absolute atomic E-state index is 12.0. The van der Waals surface area contributed by atoms with Crippen molar-refractivity contribution >= 4 is 11.6 Å². The minimum Gasteiger partial charge on any atom is -0.507 e. The Hall–Kier alpha value is -1.88. The number of Topliss-reactive ketones (excluding diaryl/α,β-unsaturated/α-hetero) is 2. The van der Waals surface area contributed by atoms with Crippen molar-refractivity contribution in [2.45, 2.75) is 25.9 Å². The molecule has 0 bridgehead atoms. The predicted molar refractivity (Wildman–Crippen MR) is 67.4 cm³/mol.